The second-order valence-electron chi connectivity index (χ2n) is 5.52. The summed E-state index contributed by atoms with van der Waals surface area (Å²) in [6.07, 6.45) is -4.40. The fraction of sp³-hybridized carbons (Fsp3) is 0.316. The summed E-state index contributed by atoms with van der Waals surface area (Å²) >= 11 is 0. The first kappa shape index (κ1) is 19.6. The minimum absolute atomic E-state index is 0.281. The van der Waals surface area contributed by atoms with Crippen LogP contribution >= 0.6 is 0 Å². The van der Waals surface area contributed by atoms with Gasteiger partial charge in [0.2, 0.25) is 0 Å². The first-order valence-corrected chi connectivity index (χ1v) is 8.08. The molecule has 0 N–H and O–H groups in total. The zero-order valence-corrected chi connectivity index (χ0v) is 14.4. The van der Waals surface area contributed by atoms with Crippen LogP contribution in [0.15, 0.2) is 48.5 Å². The van der Waals surface area contributed by atoms with Crippen molar-refractivity contribution in [1.82, 2.24) is 0 Å². The van der Waals surface area contributed by atoms with Gasteiger partial charge in [0, 0.05) is 0 Å². The van der Waals surface area contributed by atoms with E-state index in [1.54, 1.807) is 31.2 Å². The van der Waals surface area contributed by atoms with Crippen LogP contribution in [0.2, 0.25) is 0 Å². The Morgan fingerprint density at radius 1 is 0.962 bits per heavy atom. The van der Waals surface area contributed by atoms with Crippen LogP contribution in [0.4, 0.5) is 13.2 Å². The lowest BCUT2D eigenvalue weighted by atomic mass is 10.2. The van der Waals surface area contributed by atoms with Crippen LogP contribution in [0.25, 0.3) is 0 Å². The van der Waals surface area contributed by atoms with E-state index >= 15 is 0 Å². The van der Waals surface area contributed by atoms with E-state index in [0.29, 0.717) is 18.1 Å². The number of ether oxygens (including phenoxy) is 3. The van der Waals surface area contributed by atoms with Gasteiger partial charge in [0.25, 0.3) is 0 Å². The maximum absolute atomic E-state index is 12.5. The van der Waals surface area contributed by atoms with E-state index in [-0.39, 0.29) is 5.75 Å². The van der Waals surface area contributed by atoms with E-state index in [4.69, 9.17) is 14.2 Å². The monoisotopic (exact) mass is 368 g/mol. The second kappa shape index (κ2) is 8.60. The number of halogens is 3. The van der Waals surface area contributed by atoms with Crippen LogP contribution in [0, 0.1) is 0 Å². The normalized spacial score (nSPS) is 12.3. The minimum atomic E-state index is -4.38. The van der Waals surface area contributed by atoms with Gasteiger partial charge >= 0.3 is 12.1 Å². The molecule has 0 aliphatic heterocycles. The highest BCUT2D eigenvalue weighted by atomic mass is 19.4. The molecule has 0 amide bonds. The molecule has 1 atom stereocenters. The number of hydrogen-bond acceptors (Lipinski definition) is 4. The van der Waals surface area contributed by atoms with Crippen LogP contribution in [0.1, 0.15) is 25.8 Å². The average molecular weight is 368 g/mol. The Hall–Kier alpha value is -2.70. The number of hydrogen-bond donors (Lipinski definition) is 0. The van der Waals surface area contributed by atoms with Crippen molar-refractivity contribution >= 4 is 5.97 Å². The van der Waals surface area contributed by atoms with Gasteiger partial charge in [-0.15, -0.1) is 0 Å². The molecule has 0 aliphatic carbocycles. The Kier molecular flexibility index (Phi) is 6.49. The second-order valence-corrected chi connectivity index (χ2v) is 5.52. The summed E-state index contributed by atoms with van der Waals surface area (Å²) < 4.78 is 53.6. The molecule has 0 bridgehead atoms. The molecule has 0 saturated heterocycles. The number of carbonyl (C=O) groups is 1. The molecule has 0 aromatic heterocycles. The van der Waals surface area contributed by atoms with Gasteiger partial charge in [-0.25, -0.2) is 4.79 Å². The number of carbonyl (C=O) groups excluding carboxylic acids is 1. The largest absolute Gasteiger partial charge is 0.479 e. The van der Waals surface area contributed by atoms with Crippen LogP contribution in [0.5, 0.6) is 17.2 Å². The summed E-state index contributed by atoms with van der Waals surface area (Å²) in [6, 6.07) is 10.8. The van der Waals surface area contributed by atoms with Gasteiger partial charge in [0.05, 0.1) is 12.2 Å². The quantitative estimate of drug-likeness (QED) is 0.629. The molecular weight excluding hydrogens is 349 g/mol. The molecule has 4 nitrogen and oxygen atoms in total. The molecule has 140 valence electrons. The maximum atomic E-state index is 12.5. The Labute approximate surface area is 149 Å². The zero-order chi connectivity index (χ0) is 19.2. The molecule has 0 spiro atoms. The summed E-state index contributed by atoms with van der Waals surface area (Å²) in [4.78, 5) is 11.7. The molecule has 0 fully saturated rings. The first-order valence-electron chi connectivity index (χ1n) is 8.08. The topological polar surface area (TPSA) is 44.8 Å². The van der Waals surface area contributed by atoms with Gasteiger partial charge in [0.15, 0.2) is 6.10 Å². The molecule has 1 unspecified atom stereocenters. The summed E-state index contributed by atoms with van der Waals surface area (Å²) in [7, 11) is 0. The Morgan fingerprint density at radius 3 is 1.96 bits per heavy atom. The fourth-order valence-corrected chi connectivity index (χ4v) is 2.01. The Balaban J connectivity index is 1.94. The third-order valence-corrected chi connectivity index (χ3v) is 3.33. The van der Waals surface area contributed by atoms with Gasteiger partial charge in [0.1, 0.15) is 17.2 Å². The molecule has 2 rings (SSSR count). The van der Waals surface area contributed by atoms with Crippen molar-refractivity contribution in [3.8, 4) is 17.2 Å². The van der Waals surface area contributed by atoms with E-state index in [9.17, 15) is 18.0 Å². The Bertz CT molecular complexity index is 709. The van der Waals surface area contributed by atoms with Crippen molar-refractivity contribution in [3.63, 3.8) is 0 Å². The zero-order valence-electron chi connectivity index (χ0n) is 14.4. The first-order chi connectivity index (χ1) is 12.3. The highest BCUT2D eigenvalue weighted by molar-refractivity contribution is 5.74. The summed E-state index contributed by atoms with van der Waals surface area (Å²) in [5.74, 6) is 0.712. The molecule has 0 saturated carbocycles. The highest BCUT2D eigenvalue weighted by Gasteiger charge is 2.30. The molecule has 7 heteroatoms. The van der Waals surface area contributed by atoms with Crippen molar-refractivity contribution in [2.75, 3.05) is 6.61 Å². The van der Waals surface area contributed by atoms with Crippen molar-refractivity contribution in [3.05, 3.63) is 54.1 Å². The van der Waals surface area contributed by atoms with Gasteiger partial charge < -0.3 is 14.2 Å². The van der Waals surface area contributed by atoms with Crippen molar-refractivity contribution in [1.29, 1.82) is 0 Å². The third-order valence-electron chi connectivity index (χ3n) is 3.33. The third kappa shape index (κ3) is 5.68. The molecule has 2 aromatic carbocycles. The van der Waals surface area contributed by atoms with Gasteiger partial charge in [-0.05, 0) is 61.9 Å². The predicted molar refractivity (Wildman–Crippen MR) is 89.3 cm³/mol. The molecule has 0 aliphatic rings. The number of benzene rings is 2. The minimum Gasteiger partial charge on any atom is -0.479 e. The van der Waals surface area contributed by atoms with Gasteiger partial charge in [-0.1, -0.05) is 6.92 Å². The van der Waals surface area contributed by atoms with Crippen molar-refractivity contribution in [2.45, 2.75) is 32.5 Å². The molecule has 26 heavy (non-hydrogen) atoms. The predicted octanol–water partition coefficient (Wildman–Crippen LogP) is 5.22. The molecule has 0 heterocycles. The fourth-order valence-electron chi connectivity index (χ4n) is 2.01. The van der Waals surface area contributed by atoms with E-state index in [2.05, 4.69) is 0 Å². The highest BCUT2D eigenvalue weighted by Crippen LogP contribution is 2.31. The van der Waals surface area contributed by atoms with Crippen LogP contribution in [-0.2, 0) is 15.7 Å². The number of alkyl halides is 3. The van der Waals surface area contributed by atoms with Crippen LogP contribution in [0.3, 0.4) is 0 Å². The lowest BCUT2D eigenvalue weighted by molar-refractivity contribution is -0.151. The smallest absolute Gasteiger partial charge is 0.416 e. The van der Waals surface area contributed by atoms with E-state index in [1.807, 2.05) is 6.92 Å². The van der Waals surface area contributed by atoms with Crippen molar-refractivity contribution < 1.29 is 32.2 Å². The standard InChI is InChI=1S/C19H19F3O4/c1-3-12-24-18(23)13(2)25-15-8-10-17(11-9-15)26-16-6-4-14(5-7-16)19(20,21)22/h4-11,13H,3,12H2,1-2H3. The maximum Gasteiger partial charge on any atom is 0.416 e. The average Bonchev–Trinajstić information content (AvgIpc) is 2.61. The SMILES string of the molecule is CCCOC(=O)C(C)Oc1ccc(Oc2ccc(C(F)(F)F)cc2)cc1. The molecule has 0 radical (unpaired) electrons. The molecule has 2 aromatic rings. The number of rotatable bonds is 7. The van der Waals surface area contributed by atoms with E-state index < -0.39 is 23.8 Å². The number of esters is 1. The lowest BCUT2D eigenvalue weighted by Crippen LogP contribution is -2.26. The van der Waals surface area contributed by atoms with E-state index in [1.165, 1.54) is 12.1 Å². The van der Waals surface area contributed by atoms with Gasteiger partial charge in [-0.2, -0.15) is 13.2 Å². The Morgan fingerprint density at radius 2 is 1.46 bits per heavy atom. The van der Waals surface area contributed by atoms with E-state index in [0.717, 1.165) is 18.6 Å². The summed E-state index contributed by atoms with van der Waals surface area (Å²) in [5.41, 5.74) is -0.738. The summed E-state index contributed by atoms with van der Waals surface area (Å²) in [5, 5.41) is 0. The summed E-state index contributed by atoms with van der Waals surface area (Å²) in [6.45, 7) is 3.82. The van der Waals surface area contributed by atoms with Crippen molar-refractivity contribution in [2.24, 2.45) is 0 Å². The molecular formula is C19H19F3O4. The lowest BCUT2D eigenvalue weighted by Gasteiger charge is -2.14. The van der Waals surface area contributed by atoms with Crippen LogP contribution < -0.4 is 9.47 Å². The van der Waals surface area contributed by atoms with Crippen LogP contribution in [-0.4, -0.2) is 18.7 Å². The van der Waals surface area contributed by atoms with Gasteiger partial charge in [-0.3, -0.25) is 0 Å².